The van der Waals surface area contributed by atoms with Crippen molar-refractivity contribution in [1.82, 2.24) is 9.38 Å². The zero-order valence-corrected chi connectivity index (χ0v) is 15.5. The average molecular weight is 376 g/mol. The van der Waals surface area contributed by atoms with Crippen molar-refractivity contribution in [3.63, 3.8) is 0 Å². The van der Waals surface area contributed by atoms with E-state index >= 15 is 0 Å². The van der Waals surface area contributed by atoms with Gasteiger partial charge in [0.1, 0.15) is 22.9 Å². The molecule has 0 aliphatic rings. The van der Waals surface area contributed by atoms with E-state index in [2.05, 4.69) is 10.3 Å². The number of aromatic nitrogens is 2. The number of fused-ring (bicyclic) bond motifs is 1. The van der Waals surface area contributed by atoms with Crippen molar-refractivity contribution in [2.24, 2.45) is 0 Å². The molecule has 0 aliphatic carbocycles. The molecule has 0 spiro atoms. The summed E-state index contributed by atoms with van der Waals surface area (Å²) in [7, 11) is 1.50. The Bertz CT molecular complexity index is 985. The molecule has 3 aromatic rings. The second-order valence-electron chi connectivity index (χ2n) is 5.99. The van der Waals surface area contributed by atoms with E-state index in [1.807, 2.05) is 13.8 Å². The highest BCUT2D eigenvalue weighted by Crippen LogP contribution is 2.31. The molecule has 0 fully saturated rings. The van der Waals surface area contributed by atoms with Crippen LogP contribution in [0.4, 0.5) is 10.1 Å². The highest BCUT2D eigenvalue weighted by molar-refractivity contribution is 6.31. The van der Waals surface area contributed by atoms with Gasteiger partial charge >= 0.3 is 0 Å². The van der Waals surface area contributed by atoms with Crippen molar-refractivity contribution in [1.29, 1.82) is 0 Å². The first kappa shape index (κ1) is 18.2. The molecule has 1 N–H and O–H groups in total. The number of aryl methyl sites for hydroxylation is 2. The predicted molar refractivity (Wildman–Crippen MR) is 99.8 cm³/mol. The summed E-state index contributed by atoms with van der Waals surface area (Å²) in [5, 5.41) is 3.38. The van der Waals surface area contributed by atoms with Crippen molar-refractivity contribution in [3.8, 4) is 5.75 Å². The number of halogens is 2. The molecule has 0 atom stereocenters. The first-order chi connectivity index (χ1) is 12.4. The van der Waals surface area contributed by atoms with Crippen molar-refractivity contribution >= 4 is 28.8 Å². The standard InChI is InChI=1S/C19H19ClFN3O2/c1-4-5-14-18(24-10-12(21)6-7-17(24)22-14)19(25)23-15-8-11(2)13(20)9-16(15)26-3/h6-10H,4-5H2,1-3H3,(H,23,25). The maximum Gasteiger partial charge on any atom is 0.274 e. The van der Waals surface area contributed by atoms with Crippen LogP contribution in [0, 0.1) is 12.7 Å². The monoisotopic (exact) mass is 375 g/mol. The minimum absolute atomic E-state index is 0.316. The van der Waals surface area contributed by atoms with Crippen LogP contribution < -0.4 is 10.1 Å². The quantitative estimate of drug-likeness (QED) is 0.706. The second-order valence-corrected chi connectivity index (χ2v) is 6.40. The maximum atomic E-state index is 13.7. The van der Waals surface area contributed by atoms with Gasteiger partial charge in [-0.15, -0.1) is 0 Å². The summed E-state index contributed by atoms with van der Waals surface area (Å²) >= 11 is 6.11. The molecule has 3 rings (SSSR count). The topological polar surface area (TPSA) is 55.6 Å². The number of carbonyl (C=O) groups excluding carboxylic acids is 1. The molecular formula is C19H19ClFN3O2. The third-order valence-electron chi connectivity index (χ3n) is 4.09. The number of anilines is 1. The molecule has 0 unspecified atom stereocenters. The third kappa shape index (κ3) is 3.37. The van der Waals surface area contributed by atoms with Gasteiger partial charge in [0, 0.05) is 17.3 Å². The third-order valence-corrected chi connectivity index (χ3v) is 4.49. The first-order valence-corrected chi connectivity index (χ1v) is 8.64. The number of nitrogens with one attached hydrogen (secondary N) is 1. The van der Waals surface area contributed by atoms with E-state index in [-0.39, 0.29) is 5.91 Å². The van der Waals surface area contributed by atoms with E-state index in [9.17, 15) is 9.18 Å². The lowest BCUT2D eigenvalue weighted by Gasteiger charge is -2.13. The zero-order chi connectivity index (χ0) is 18.8. The Kier molecular flexibility index (Phi) is 5.13. The summed E-state index contributed by atoms with van der Waals surface area (Å²) in [6.45, 7) is 3.83. The lowest BCUT2D eigenvalue weighted by molar-refractivity contribution is 0.102. The van der Waals surface area contributed by atoms with Crippen molar-refractivity contribution in [3.05, 3.63) is 58.3 Å². The van der Waals surface area contributed by atoms with Gasteiger partial charge in [-0.3, -0.25) is 9.20 Å². The minimum atomic E-state index is -0.438. The van der Waals surface area contributed by atoms with Crippen molar-refractivity contribution in [2.45, 2.75) is 26.7 Å². The summed E-state index contributed by atoms with van der Waals surface area (Å²) in [6.07, 6.45) is 2.69. The van der Waals surface area contributed by atoms with Gasteiger partial charge < -0.3 is 10.1 Å². The number of hydrogen-bond donors (Lipinski definition) is 1. The lowest BCUT2D eigenvalue weighted by atomic mass is 10.1. The number of nitrogens with zero attached hydrogens (tertiary/aromatic N) is 2. The van der Waals surface area contributed by atoms with Crippen LogP contribution in [0.3, 0.4) is 0 Å². The number of rotatable bonds is 5. The predicted octanol–water partition coefficient (Wildman–Crippen LogP) is 4.65. The van der Waals surface area contributed by atoms with Gasteiger partial charge in [0.15, 0.2) is 0 Å². The summed E-state index contributed by atoms with van der Waals surface area (Å²) in [4.78, 5) is 17.4. The molecule has 0 saturated carbocycles. The molecule has 1 amide bonds. The molecule has 5 nitrogen and oxygen atoms in total. The SMILES string of the molecule is CCCc1nc2ccc(F)cn2c1C(=O)Nc1cc(C)c(Cl)cc1OC. The summed E-state index contributed by atoms with van der Waals surface area (Å²) in [5.74, 6) is -0.371. The fraction of sp³-hybridized carbons (Fsp3) is 0.263. The van der Waals surface area contributed by atoms with E-state index in [0.717, 1.165) is 12.0 Å². The van der Waals surface area contributed by atoms with Crippen LogP contribution in [0.15, 0.2) is 30.5 Å². The largest absolute Gasteiger partial charge is 0.495 e. The summed E-state index contributed by atoms with van der Waals surface area (Å²) < 4.78 is 20.5. The van der Waals surface area contributed by atoms with E-state index in [1.165, 1.54) is 23.8 Å². The zero-order valence-electron chi connectivity index (χ0n) is 14.8. The van der Waals surface area contributed by atoms with Crippen LogP contribution >= 0.6 is 11.6 Å². The van der Waals surface area contributed by atoms with Crippen LogP contribution in [0.1, 0.15) is 35.1 Å². The van der Waals surface area contributed by atoms with Gasteiger partial charge in [-0.25, -0.2) is 9.37 Å². The molecule has 2 aromatic heterocycles. The Morgan fingerprint density at radius 2 is 2.15 bits per heavy atom. The first-order valence-electron chi connectivity index (χ1n) is 8.26. The maximum absolute atomic E-state index is 13.7. The number of methoxy groups -OCH3 is 1. The van der Waals surface area contributed by atoms with E-state index < -0.39 is 5.82 Å². The fourth-order valence-electron chi connectivity index (χ4n) is 2.83. The lowest BCUT2D eigenvalue weighted by Crippen LogP contribution is -2.17. The smallest absolute Gasteiger partial charge is 0.274 e. The van der Waals surface area contributed by atoms with Gasteiger partial charge in [-0.2, -0.15) is 0 Å². The Hall–Kier alpha value is -2.60. The van der Waals surface area contributed by atoms with Crippen molar-refractivity contribution < 1.29 is 13.9 Å². The molecule has 1 aromatic carbocycles. The van der Waals surface area contributed by atoms with Crippen LogP contribution in [0.5, 0.6) is 5.75 Å². The molecule has 136 valence electrons. The second kappa shape index (κ2) is 7.33. The number of imidazole rings is 1. The molecular weight excluding hydrogens is 357 g/mol. The Labute approximate surface area is 155 Å². The molecule has 2 heterocycles. The van der Waals surface area contributed by atoms with Gasteiger partial charge in [0.2, 0.25) is 0 Å². The average Bonchev–Trinajstić information content (AvgIpc) is 2.95. The number of benzene rings is 1. The molecule has 0 aliphatic heterocycles. The van der Waals surface area contributed by atoms with Gasteiger partial charge in [-0.05, 0) is 37.1 Å². The van der Waals surface area contributed by atoms with Crippen LogP contribution in [0.25, 0.3) is 5.65 Å². The van der Waals surface area contributed by atoms with Crippen LogP contribution in [-0.4, -0.2) is 22.4 Å². The van der Waals surface area contributed by atoms with E-state index in [1.54, 1.807) is 18.2 Å². The number of amides is 1. The Balaban J connectivity index is 2.06. The summed E-state index contributed by atoms with van der Waals surface area (Å²) in [6, 6.07) is 6.26. The van der Waals surface area contributed by atoms with Crippen LogP contribution in [-0.2, 0) is 6.42 Å². The van der Waals surface area contributed by atoms with Crippen LogP contribution in [0.2, 0.25) is 5.02 Å². The molecule has 26 heavy (non-hydrogen) atoms. The molecule has 0 bridgehead atoms. The van der Waals surface area contributed by atoms with Gasteiger partial charge in [0.05, 0.1) is 18.5 Å². The number of carbonyl (C=O) groups is 1. The van der Waals surface area contributed by atoms with E-state index in [4.69, 9.17) is 16.3 Å². The normalized spacial score (nSPS) is 11.0. The number of pyridine rings is 1. The highest BCUT2D eigenvalue weighted by atomic mass is 35.5. The van der Waals surface area contributed by atoms with Crippen molar-refractivity contribution in [2.75, 3.05) is 12.4 Å². The molecule has 0 saturated heterocycles. The minimum Gasteiger partial charge on any atom is -0.495 e. The fourth-order valence-corrected chi connectivity index (χ4v) is 2.98. The Morgan fingerprint density at radius 3 is 2.85 bits per heavy atom. The number of ether oxygens (including phenoxy) is 1. The van der Waals surface area contributed by atoms with Gasteiger partial charge in [0.25, 0.3) is 5.91 Å². The highest BCUT2D eigenvalue weighted by Gasteiger charge is 2.21. The van der Waals surface area contributed by atoms with E-state index in [0.29, 0.717) is 39.9 Å². The van der Waals surface area contributed by atoms with Gasteiger partial charge in [-0.1, -0.05) is 24.9 Å². The Morgan fingerprint density at radius 1 is 1.38 bits per heavy atom. The number of hydrogen-bond acceptors (Lipinski definition) is 3. The summed E-state index contributed by atoms with van der Waals surface area (Å²) in [5.41, 5.74) is 2.77. The molecule has 7 heteroatoms. The molecule has 0 radical (unpaired) electrons.